The highest BCUT2D eigenvalue weighted by molar-refractivity contribution is 7.91. The Bertz CT molecular complexity index is 977. The van der Waals surface area contributed by atoms with E-state index in [2.05, 4.69) is 0 Å². The van der Waals surface area contributed by atoms with Crippen LogP contribution in [0.3, 0.4) is 0 Å². The molecule has 0 amide bonds. The quantitative estimate of drug-likeness (QED) is 0.453. The predicted molar refractivity (Wildman–Crippen MR) is 103 cm³/mol. The van der Waals surface area contributed by atoms with Gasteiger partial charge in [0.2, 0.25) is 0 Å². The molecule has 2 aliphatic rings. The van der Waals surface area contributed by atoms with Gasteiger partial charge < -0.3 is 9.80 Å². The van der Waals surface area contributed by atoms with Gasteiger partial charge >= 0.3 is 0 Å². The molecule has 4 rings (SSSR count). The number of rotatable bonds is 3. The Kier molecular flexibility index (Phi) is 3.92. The third kappa shape index (κ3) is 2.73. The maximum atomic E-state index is 12.3. The van der Waals surface area contributed by atoms with Gasteiger partial charge in [0.25, 0.3) is 5.69 Å². The average Bonchev–Trinajstić information content (AvgIpc) is 3.04. The smallest absolute Gasteiger partial charge is 0.269 e. The Morgan fingerprint density at radius 3 is 1.92 bits per heavy atom. The van der Waals surface area contributed by atoms with Crippen LogP contribution in [0.1, 0.15) is 0 Å². The zero-order chi connectivity index (χ0) is 18.5. The van der Waals surface area contributed by atoms with Crippen molar-refractivity contribution in [2.45, 2.75) is 12.1 Å². The molecule has 0 saturated carbocycles. The Morgan fingerprint density at radius 1 is 0.923 bits per heavy atom. The van der Waals surface area contributed by atoms with Crippen LogP contribution in [0.25, 0.3) is 0 Å². The second-order valence-corrected chi connectivity index (χ2v) is 8.86. The first-order chi connectivity index (χ1) is 12.4. The Balaban J connectivity index is 1.77. The third-order valence-corrected chi connectivity index (χ3v) is 6.83. The van der Waals surface area contributed by atoms with Crippen molar-refractivity contribution >= 4 is 44.2 Å². The standard InChI is InChI=1S/C17H15N3O4S2/c21-20(22)14-8-6-13(7-9-14)19-16-11-26(23,24)10-15(16)18(17(19)25)12-4-2-1-3-5-12/h1-9,15-16H,10-11H2. The topological polar surface area (TPSA) is 83.8 Å². The van der Waals surface area contributed by atoms with Crippen molar-refractivity contribution in [1.29, 1.82) is 0 Å². The zero-order valence-electron chi connectivity index (χ0n) is 13.6. The van der Waals surface area contributed by atoms with Crippen LogP contribution in [-0.2, 0) is 9.84 Å². The number of hydrogen-bond acceptors (Lipinski definition) is 5. The number of para-hydroxylation sites is 1. The van der Waals surface area contributed by atoms with Crippen LogP contribution in [0.2, 0.25) is 0 Å². The van der Waals surface area contributed by atoms with Crippen LogP contribution in [0, 0.1) is 10.1 Å². The second-order valence-electron chi connectivity index (χ2n) is 6.34. The number of nitrogens with zero attached hydrogens (tertiary/aromatic N) is 3. The van der Waals surface area contributed by atoms with Crippen molar-refractivity contribution in [2.24, 2.45) is 0 Å². The van der Waals surface area contributed by atoms with Crippen molar-refractivity contribution in [2.75, 3.05) is 21.3 Å². The maximum absolute atomic E-state index is 12.3. The molecule has 2 unspecified atom stereocenters. The molecule has 0 radical (unpaired) electrons. The lowest BCUT2D eigenvalue weighted by molar-refractivity contribution is -0.384. The van der Waals surface area contributed by atoms with Crippen LogP contribution in [0.5, 0.6) is 0 Å². The molecule has 2 saturated heterocycles. The van der Waals surface area contributed by atoms with Crippen molar-refractivity contribution in [3.63, 3.8) is 0 Å². The molecular weight excluding hydrogens is 374 g/mol. The van der Waals surface area contributed by atoms with Gasteiger partial charge in [0.15, 0.2) is 14.9 Å². The molecule has 134 valence electrons. The first-order valence-electron chi connectivity index (χ1n) is 8.00. The minimum Gasteiger partial charge on any atom is -0.312 e. The molecule has 0 N–H and O–H groups in total. The summed E-state index contributed by atoms with van der Waals surface area (Å²) in [5.74, 6) is 0.0499. The van der Waals surface area contributed by atoms with E-state index in [-0.39, 0.29) is 29.3 Å². The van der Waals surface area contributed by atoms with Crippen LogP contribution < -0.4 is 9.80 Å². The highest BCUT2D eigenvalue weighted by atomic mass is 32.2. The van der Waals surface area contributed by atoms with Gasteiger partial charge in [-0.05, 0) is 36.5 Å². The van der Waals surface area contributed by atoms with Gasteiger partial charge in [-0.15, -0.1) is 0 Å². The van der Waals surface area contributed by atoms with Gasteiger partial charge in [0.05, 0.1) is 28.5 Å². The Morgan fingerprint density at radius 2 is 1.42 bits per heavy atom. The van der Waals surface area contributed by atoms with E-state index in [1.807, 2.05) is 35.2 Å². The van der Waals surface area contributed by atoms with Crippen LogP contribution in [0.15, 0.2) is 54.6 Å². The van der Waals surface area contributed by atoms with E-state index >= 15 is 0 Å². The summed E-state index contributed by atoms with van der Waals surface area (Å²) in [7, 11) is -3.18. The lowest BCUT2D eigenvalue weighted by Crippen LogP contribution is -2.37. The molecule has 0 spiro atoms. The molecule has 9 heteroatoms. The number of anilines is 2. The van der Waals surface area contributed by atoms with E-state index < -0.39 is 14.8 Å². The fourth-order valence-electron chi connectivity index (χ4n) is 3.63. The molecule has 2 atom stereocenters. The number of hydrogen-bond donors (Lipinski definition) is 0. The summed E-state index contributed by atoms with van der Waals surface area (Å²) < 4.78 is 24.5. The third-order valence-electron chi connectivity index (χ3n) is 4.74. The molecule has 0 aromatic heterocycles. The molecule has 7 nitrogen and oxygen atoms in total. The summed E-state index contributed by atoms with van der Waals surface area (Å²) in [6, 6.07) is 14.9. The van der Waals surface area contributed by atoms with Crippen molar-refractivity contribution in [1.82, 2.24) is 0 Å². The number of nitro groups is 1. The summed E-state index contributed by atoms with van der Waals surface area (Å²) in [5, 5.41) is 11.4. The van der Waals surface area contributed by atoms with Gasteiger partial charge in [-0.1, -0.05) is 18.2 Å². The molecule has 2 aliphatic heterocycles. The molecule has 0 bridgehead atoms. The van der Waals surface area contributed by atoms with Gasteiger partial charge in [0, 0.05) is 23.5 Å². The second kappa shape index (κ2) is 6.03. The SMILES string of the molecule is O=[N+]([O-])c1ccc(N2C(=S)N(c3ccccc3)C3CS(=O)(=O)CC32)cc1. The van der Waals surface area contributed by atoms with E-state index in [0.717, 1.165) is 5.69 Å². The van der Waals surface area contributed by atoms with Gasteiger partial charge in [-0.3, -0.25) is 10.1 Å². The fraction of sp³-hybridized carbons (Fsp3) is 0.235. The molecule has 2 aromatic rings. The zero-order valence-corrected chi connectivity index (χ0v) is 15.2. The number of thiocarbonyl (C=S) groups is 1. The fourth-order valence-corrected chi connectivity index (χ4v) is 6.03. The summed E-state index contributed by atoms with van der Waals surface area (Å²) in [4.78, 5) is 14.1. The van der Waals surface area contributed by atoms with Gasteiger partial charge in [-0.2, -0.15) is 0 Å². The highest BCUT2D eigenvalue weighted by Crippen LogP contribution is 2.38. The molecular formula is C17H15N3O4S2. The first-order valence-corrected chi connectivity index (χ1v) is 10.2. The molecule has 26 heavy (non-hydrogen) atoms. The monoisotopic (exact) mass is 389 g/mol. The first kappa shape index (κ1) is 16.9. The number of benzene rings is 2. The molecule has 2 aromatic carbocycles. The van der Waals surface area contributed by atoms with Crippen LogP contribution in [-0.4, -0.2) is 42.0 Å². The summed E-state index contributed by atoms with van der Waals surface area (Å²) >= 11 is 5.66. The number of non-ortho nitro benzene ring substituents is 1. The average molecular weight is 389 g/mol. The predicted octanol–water partition coefficient (Wildman–Crippen LogP) is 2.37. The lowest BCUT2D eigenvalue weighted by atomic mass is 10.1. The number of fused-ring (bicyclic) bond motifs is 1. The van der Waals surface area contributed by atoms with E-state index in [1.165, 1.54) is 12.1 Å². The normalized spacial score (nSPS) is 23.9. The molecule has 2 fully saturated rings. The van der Waals surface area contributed by atoms with Crippen LogP contribution in [0.4, 0.5) is 17.1 Å². The summed E-state index contributed by atoms with van der Waals surface area (Å²) in [6.45, 7) is 0. The highest BCUT2D eigenvalue weighted by Gasteiger charge is 2.52. The summed E-state index contributed by atoms with van der Waals surface area (Å²) in [6.07, 6.45) is 0. The van der Waals surface area contributed by atoms with Crippen LogP contribution >= 0.6 is 12.2 Å². The van der Waals surface area contributed by atoms with Gasteiger partial charge in [-0.25, -0.2) is 8.42 Å². The minimum absolute atomic E-state index is 0.0120. The summed E-state index contributed by atoms with van der Waals surface area (Å²) in [5.41, 5.74) is 1.48. The van der Waals surface area contributed by atoms with Crippen molar-refractivity contribution < 1.29 is 13.3 Å². The number of sulfone groups is 1. The Hall–Kier alpha value is -2.52. The molecule has 2 heterocycles. The van der Waals surface area contributed by atoms with Crippen molar-refractivity contribution in [3.05, 3.63) is 64.7 Å². The van der Waals surface area contributed by atoms with Gasteiger partial charge in [0.1, 0.15) is 0 Å². The maximum Gasteiger partial charge on any atom is 0.269 e. The Labute approximate surface area is 155 Å². The van der Waals surface area contributed by atoms with E-state index in [9.17, 15) is 18.5 Å². The van der Waals surface area contributed by atoms with Crippen molar-refractivity contribution in [3.8, 4) is 0 Å². The van der Waals surface area contributed by atoms with E-state index in [1.54, 1.807) is 17.0 Å². The lowest BCUT2D eigenvalue weighted by Gasteiger charge is -2.25. The van der Waals surface area contributed by atoms with E-state index in [0.29, 0.717) is 10.8 Å². The minimum atomic E-state index is -3.18. The van der Waals surface area contributed by atoms with E-state index in [4.69, 9.17) is 12.2 Å². The largest absolute Gasteiger partial charge is 0.312 e. The number of nitro benzene ring substituents is 1. The molecule has 0 aliphatic carbocycles.